The maximum Gasteiger partial charge on any atom is 0.352 e. The minimum absolute atomic E-state index is 0.263. The van der Waals surface area contributed by atoms with E-state index in [4.69, 9.17) is 15.2 Å². The maximum absolute atomic E-state index is 12.7. The molecule has 2 aromatic carbocycles. The van der Waals surface area contributed by atoms with Crippen LogP contribution in [0.15, 0.2) is 48.5 Å². The van der Waals surface area contributed by atoms with E-state index in [9.17, 15) is 9.18 Å². The zero-order valence-electron chi connectivity index (χ0n) is 10.9. The van der Waals surface area contributed by atoms with Crippen molar-refractivity contribution in [2.75, 3.05) is 5.73 Å². The van der Waals surface area contributed by atoms with Gasteiger partial charge in [-0.1, -0.05) is 6.07 Å². The molecule has 2 rings (SSSR count). The molecule has 1 atom stereocenters. The molecule has 0 heterocycles. The van der Waals surface area contributed by atoms with Gasteiger partial charge < -0.3 is 15.2 Å². The van der Waals surface area contributed by atoms with Gasteiger partial charge in [-0.15, -0.1) is 0 Å². The summed E-state index contributed by atoms with van der Waals surface area (Å²) in [5.41, 5.74) is 6.16. The van der Waals surface area contributed by atoms with E-state index in [2.05, 4.69) is 0 Å². The first kappa shape index (κ1) is 13.9. The molecule has 0 aromatic heterocycles. The van der Waals surface area contributed by atoms with Crippen LogP contribution in [0.1, 0.15) is 6.92 Å². The number of ether oxygens (including phenoxy) is 2. The number of nitrogens with two attached hydrogens (primary N) is 1. The van der Waals surface area contributed by atoms with Crippen molar-refractivity contribution in [3.63, 3.8) is 0 Å². The minimum atomic E-state index is -0.804. The molecule has 0 radical (unpaired) electrons. The molecule has 4 nitrogen and oxygen atoms in total. The van der Waals surface area contributed by atoms with Crippen molar-refractivity contribution in [2.24, 2.45) is 0 Å². The predicted molar refractivity (Wildman–Crippen MR) is 73.0 cm³/mol. The molecular formula is C15H14FNO3. The molecule has 0 aliphatic carbocycles. The first-order valence-electron chi connectivity index (χ1n) is 6.04. The Morgan fingerprint density at radius 2 is 1.85 bits per heavy atom. The third kappa shape index (κ3) is 3.71. The Bertz CT molecular complexity index is 598. The summed E-state index contributed by atoms with van der Waals surface area (Å²) in [7, 11) is 0. The lowest BCUT2D eigenvalue weighted by atomic mass is 10.3. The standard InChI is InChI=1S/C15H14FNO3/c1-10(19-14-4-2-3-12(17)9-14)15(18)20-13-7-5-11(16)6-8-13/h2-10H,17H2,1H3/t10-/m0/s1. The minimum Gasteiger partial charge on any atom is -0.479 e. The molecule has 104 valence electrons. The van der Waals surface area contributed by atoms with E-state index in [1.54, 1.807) is 31.2 Å². The van der Waals surface area contributed by atoms with Crippen LogP contribution in [-0.2, 0) is 4.79 Å². The average molecular weight is 275 g/mol. The number of hydrogen-bond acceptors (Lipinski definition) is 4. The number of carbonyl (C=O) groups is 1. The summed E-state index contributed by atoms with van der Waals surface area (Å²) in [6, 6.07) is 11.9. The molecule has 0 amide bonds. The summed E-state index contributed by atoms with van der Waals surface area (Å²) in [6.45, 7) is 1.56. The van der Waals surface area contributed by atoms with Crippen LogP contribution in [0.4, 0.5) is 10.1 Å². The van der Waals surface area contributed by atoms with Gasteiger partial charge in [0.25, 0.3) is 0 Å². The van der Waals surface area contributed by atoms with E-state index in [1.165, 1.54) is 24.3 Å². The number of benzene rings is 2. The van der Waals surface area contributed by atoms with Crippen LogP contribution in [0, 0.1) is 5.82 Å². The van der Waals surface area contributed by atoms with Gasteiger partial charge in [-0.25, -0.2) is 9.18 Å². The summed E-state index contributed by atoms with van der Waals surface area (Å²) >= 11 is 0. The van der Waals surface area contributed by atoms with Crippen LogP contribution in [0.3, 0.4) is 0 Å². The lowest BCUT2D eigenvalue weighted by Gasteiger charge is -2.14. The Morgan fingerprint density at radius 1 is 1.15 bits per heavy atom. The van der Waals surface area contributed by atoms with E-state index in [1.807, 2.05) is 0 Å². The van der Waals surface area contributed by atoms with Gasteiger partial charge in [-0.05, 0) is 43.3 Å². The van der Waals surface area contributed by atoms with Gasteiger partial charge in [0.2, 0.25) is 0 Å². The summed E-state index contributed by atoms with van der Waals surface area (Å²) < 4.78 is 23.2. The summed E-state index contributed by atoms with van der Waals surface area (Å²) in [6.07, 6.45) is -0.804. The summed E-state index contributed by atoms with van der Waals surface area (Å²) in [5.74, 6) is -0.221. The second-order valence-electron chi connectivity index (χ2n) is 4.21. The van der Waals surface area contributed by atoms with Gasteiger partial charge in [0.1, 0.15) is 17.3 Å². The highest BCUT2D eigenvalue weighted by atomic mass is 19.1. The highest BCUT2D eigenvalue weighted by Gasteiger charge is 2.17. The largest absolute Gasteiger partial charge is 0.479 e. The molecule has 2 N–H and O–H groups in total. The van der Waals surface area contributed by atoms with Crippen LogP contribution in [-0.4, -0.2) is 12.1 Å². The first-order chi connectivity index (χ1) is 9.54. The molecule has 0 unspecified atom stereocenters. The monoisotopic (exact) mass is 275 g/mol. The smallest absolute Gasteiger partial charge is 0.352 e. The molecule has 2 aromatic rings. The Hall–Kier alpha value is -2.56. The van der Waals surface area contributed by atoms with Gasteiger partial charge >= 0.3 is 5.97 Å². The average Bonchev–Trinajstić information content (AvgIpc) is 2.41. The van der Waals surface area contributed by atoms with E-state index in [0.29, 0.717) is 11.4 Å². The van der Waals surface area contributed by atoms with Crippen molar-refractivity contribution in [1.29, 1.82) is 0 Å². The Labute approximate surface area is 115 Å². The normalized spacial score (nSPS) is 11.7. The van der Waals surface area contributed by atoms with Crippen LogP contribution in [0.2, 0.25) is 0 Å². The van der Waals surface area contributed by atoms with Crippen molar-refractivity contribution < 1.29 is 18.7 Å². The van der Waals surface area contributed by atoms with Crippen LogP contribution in [0.25, 0.3) is 0 Å². The highest BCUT2D eigenvalue weighted by molar-refractivity contribution is 5.77. The van der Waals surface area contributed by atoms with E-state index in [-0.39, 0.29) is 5.75 Å². The second kappa shape index (κ2) is 6.06. The summed E-state index contributed by atoms with van der Waals surface area (Å²) in [5, 5.41) is 0. The maximum atomic E-state index is 12.7. The van der Waals surface area contributed by atoms with Crippen molar-refractivity contribution in [3.05, 3.63) is 54.3 Å². The Kier molecular flexibility index (Phi) is 4.20. The number of anilines is 1. The molecule has 0 fully saturated rings. The number of rotatable bonds is 4. The number of carbonyl (C=O) groups excluding carboxylic acids is 1. The molecule has 5 heteroatoms. The molecule has 20 heavy (non-hydrogen) atoms. The molecule has 0 spiro atoms. The van der Waals surface area contributed by atoms with E-state index < -0.39 is 17.9 Å². The van der Waals surface area contributed by atoms with Gasteiger partial charge in [-0.3, -0.25) is 0 Å². The topological polar surface area (TPSA) is 61.5 Å². The van der Waals surface area contributed by atoms with Gasteiger partial charge in [0.05, 0.1) is 0 Å². The number of hydrogen-bond donors (Lipinski definition) is 1. The Morgan fingerprint density at radius 3 is 2.50 bits per heavy atom. The molecular weight excluding hydrogens is 261 g/mol. The van der Waals surface area contributed by atoms with Gasteiger partial charge in [0, 0.05) is 11.8 Å². The second-order valence-corrected chi connectivity index (χ2v) is 4.21. The highest BCUT2D eigenvalue weighted by Crippen LogP contribution is 2.17. The fraction of sp³-hybridized carbons (Fsp3) is 0.133. The fourth-order valence-electron chi connectivity index (χ4n) is 1.54. The molecule has 0 aliphatic heterocycles. The quantitative estimate of drug-likeness (QED) is 0.529. The van der Waals surface area contributed by atoms with Crippen molar-refractivity contribution in [1.82, 2.24) is 0 Å². The van der Waals surface area contributed by atoms with Crippen molar-refractivity contribution in [2.45, 2.75) is 13.0 Å². The summed E-state index contributed by atoms with van der Waals surface area (Å²) in [4.78, 5) is 11.8. The van der Waals surface area contributed by atoms with Crippen LogP contribution in [0.5, 0.6) is 11.5 Å². The molecule has 0 bridgehead atoms. The first-order valence-corrected chi connectivity index (χ1v) is 6.04. The van der Waals surface area contributed by atoms with Gasteiger partial charge in [0.15, 0.2) is 6.10 Å². The lowest BCUT2D eigenvalue weighted by molar-refractivity contribution is -0.141. The lowest BCUT2D eigenvalue weighted by Crippen LogP contribution is -2.28. The van der Waals surface area contributed by atoms with E-state index >= 15 is 0 Å². The third-order valence-electron chi connectivity index (χ3n) is 2.53. The zero-order chi connectivity index (χ0) is 14.5. The van der Waals surface area contributed by atoms with Crippen LogP contribution >= 0.6 is 0 Å². The van der Waals surface area contributed by atoms with Crippen molar-refractivity contribution in [3.8, 4) is 11.5 Å². The van der Waals surface area contributed by atoms with Gasteiger partial charge in [-0.2, -0.15) is 0 Å². The third-order valence-corrected chi connectivity index (χ3v) is 2.53. The van der Waals surface area contributed by atoms with Crippen LogP contribution < -0.4 is 15.2 Å². The molecule has 0 saturated heterocycles. The van der Waals surface area contributed by atoms with Crippen molar-refractivity contribution >= 4 is 11.7 Å². The number of esters is 1. The zero-order valence-corrected chi connectivity index (χ0v) is 10.9. The number of halogens is 1. The number of nitrogen functional groups attached to an aromatic ring is 1. The van der Waals surface area contributed by atoms with E-state index in [0.717, 1.165) is 0 Å². The molecule has 0 aliphatic rings. The Balaban J connectivity index is 1.96. The SMILES string of the molecule is C[C@H](Oc1cccc(N)c1)C(=O)Oc1ccc(F)cc1. The molecule has 0 saturated carbocycles. The predicted octanol–water partition coefficient (Wildman–Crippen LogP) is 2.78. The fourth-order valence-corrected chi connectivity index (χ4v) is 1.54.